The number of nitrogens with zero attached hydrogens (tertiary/aromatic N) is 1. The van der Waals surface area contributed by atoms with Gasteiger partial charge in [-0.1, -0.05) is 54.6 Å². The van der Waals surface area contributed by atoms with Crippen LogP contribution in [0.3, 0.4) is 0 Å². The van der Waals surface area contributed by atoms with Crippen LogP contribution in [0.25, 0.3) is 22.4 Å². The van der Waals surface area contributed by atoms with Gasteiger partial charge in [0.15, 0.2) is 0 Å². The van der Waals surface area contributed by atoms with E-state index in [4.69, 9.17) is 15.5 Å². The standard InChI is InChI=1S/C24H25N3O/c1-16-15-26-21-14-20(17-6-3-2-4-7-17)22(27-23(21)28-16)18-8-10-19(11-9-18)24(25)12-5-13-24/h2-4,6-11,14,16,26H,5,12-13,15,25H2,1H3. The predicted octanol–water partition coefficient (Wildman–Crippen LogP) is 4.95. The van der Waals surface area contributed by atoms with Crippen molar-refractivity contribution in [3.8, 4) is 28.3 Å². The van der Waals surface area contributed by atoms with Crippen LogP contribution in [0.2, 0.25) is 0 Å². The molecule has 28 heavy (non-hydrogen) atoms. The largest absolute Gasteiger partial charge is 0.471 e. The summed E-state index contributed by atoms with van der Waals surface area (Å²) >= 11 is 0. The van der Waals surface area contributed by atoms with Crippen LogP contribution in [-0.2, 0) is 5.54 Å². The van der Waals surface area contributed by atoms with Crippen molar-refractivity contribution in [2.75, 3.05) is 11.9 Å². The molecule has 1 fully saturated rings. The first kappa shape index (κ1) is 17.3. The van der Waals surface area contributed by atoms with Crippen LogP contribution in [0.1, 0.15) is 31.7 Å². The zero-order valence-corrected chi connectivity index (χ0v) is 16.1. The highest BCUT2D eigenvalue weighted by atomic mass is 16.5. The van der Waals surface area contributed by atoms with Crippen LogP contribution in [0.5, 0.6) is 5.88 Å². The van der Waals surface area contributed by atoms with Gasteiger partial charge in [0.2, 0.25) is 5.88 Å². The number of hydrogen-bond acceptors (Lipinski definition) is 4. The fraction of sp³-hybridized carbons (Fsp3) is 0.292. The number of pyridine rings is 1. The fourth-order valence-corrected chi connectivity index (χ4v) is 4.06. The van der Waals surface area contributed by atoms with Gasteiger partial charge in [0.1, 0.15) is 6.10 Å². The number of rotatable bonds is 3. The average Bonchev–Trinajstić information content (AvgIpc) is 2.72. The molecule has 0 spiro atoms. The molecule has 3 aromatic rings. The molecule has 2 heterocycles. The van der Waals surface area contributed by atoms with Gasteiger partial charge < -0.3 is 15.8 Å². The van der Waals surface area contributed by atoms with E-state index in [-0.39, 0.29) is 11.6 Å². The van der Waals surface area contributed by atoms with Gasteiger partial charge in [-0.25, -0.2) is 4.98 Å². The highest BCUT2D eigenvalue weighted by Gasteiger charge is 2.34. The first-order valence-corrected chi connectivity index (χ1v) is 10.0. The second kappa shape index (κ2) is 6.64. The lowest BCUT2D eigenvalue weighted by molar-refractivity contribution is 0.217. The zero-order valence-electron chi connectivity index (χ0n) is 16.1. The summed E-state index contributed by atoms with van der Waals surface area (Å²) in [6, 6.07) is 21.2. The van der Waals surface area contributed by atoms with E-state index < -0.39 is 0 Å². The first-order chi connectivity index (χ1) is 13.6. The Hall–Kier alpha value is -2.85. The Morgan fingerprint density at radius 1 is 1.04 bits per heavy atom. The van der Waals surface area contributed by atoms with E-state index in [1.165, 1.54) is 12.0 Å². The predicted molar refractivity (Wildman–Crippen MR) is 113 cm³/mol. The van der Waals surface area contributed by atoms with Gasteiger partial charge in [-0.3, -0.25) is 0 Å². The van der Waals surface area contributed by atoms with Crippen LogP contribution < -0.4 is 15.8 Å². The van der Waals surface area contributed by atoms with Gasteiger partial charge in [0.05, 0.1) is 17.9 Å². The molecule has 2 aliphatic rings. The number of ether oxygens (including phenoxy) is 1. The Morgan fingerprint density at radius 3 is 2.46 bits per heavy atom. The third-order valence-electron chi connectivity index (χ3n) is 5.94. The molecule has 3 N–H and O–H groups in total. The second-order valence-electron chi connectivity index (χ2n) is 8.00. The zero-order chi connectivity index (χ0) is 19.1. The molecule has 0 bridgehead atoms. The Balaban J connectivity index is 1.62. The van der Waals surface area contributed by atoms with Crippen molar-refractivity contribution in [2.24, 2.45) is 5.73 Å². The first-order valence-electron chi connectivity index (χ1n) is 10.0. The number of nitrogens with two attached hydrogens (primary N) is 1. The minimum absolute atomic E-state index is 0.105. The van der Waals surface area contributed by atoms with E-state index in [1.807, 2.05) is 6.07 Å². The number of fused-ring (bicyclic) bond motifs is 1. The number of anilines is 1. The summed E-state index contributed by atoms with van der Waals surface area (Å²) < 4.78 is 6.00. The third kappa shape index (κ3) is 2.94. The smallest absolute Gasteiger partial charge is 0.238 e. The molecule has 0 saturated heterocycles. The van der Waals surface area contributed by atoms with Crippen molar-refractivity contribution in [1.82, 2.24) is 4.98 Å². The molecule has 1 atom stereocenters. The topological polar surface area (TPSA) is 60.2 Å². The summed E-state index contributed by atoms with van der Waals surface area (Å²) in [6.45, 7) is 2.84. The second-order valence-corrected chi connectivity index (χ2v) is 8.00. The van der Waals surface area contributed by atoms with Gasteiger partial charge >= 0.3 is 0 Å². The maximum atomic E-state index is 6.50. The van der Waals surface area contributed by atoms with Crippen molar-refractivity contribution < 1.29 is 4.74 Å². The van der Waals surface area contributed by atoms with E-state index in [0.717, 1.165) is 47.5 Å². The highest BCUT2D eigenvalue weighted by molar-refractivity contribution is 5.84. The van der Waals surface area contributed by atoms with Gasteiger partial charge in [-0.15, -0.1) is 0 Å². The van der Waals surface area contributed by atoms with Crippen LogP contribution in [0.4, 0.5) is 5.69 Å². The average molecular weight is 371 g/mol. The summed E-state index contributed by atoms with van der Waals surface area (Å²) in [4.78, 5) is 4.92. The molecule has 0 radical (unpaired) electrons. The number of nitrogens with one attached hydrogen (secondary N) is 1. The summed E-state index contributed by atoms with van der Waals surface area (Å²) in [5.41, 5.74) is 12.8. The van der Waals surface area contributed by atoms with E-state index in [1.54, 1.807) is 0 Å². The molecule has 1 aliphatic carbocycles. The maximum Gasteiger partial charge on any atom is 0.238 e. The van der Waals surface area contributed by atoms with Crippen molar-refractivity contribution in [2.45, 2.75) is 37.8 Å². The van der Waals surface area contributed by atoms with Gasteiger partial charge in [-0.05, 0) is 43.4 Å². The molecule has 1 aliphatic heterocycles. The Morgan fingerprint density at radius 2 is 1.79 bits per heavy atom. The lowest BCUT2D eigenvalue weighted by Crippen LogP contribution is -2.43. The summed E-state index contributed by atoms with van der Waals surface area (Å²) in [5.74, 6) is 0.673. The van der Waals surface area contributed by atoms with Gasteiger partial charge in [-0.2, -0.15) is 0 Å². The Bertz CT molecular complexity index is 994. The lowest BCUT2D eigenvalue weighted by Gasteiger charge is -2.38. The molecular formula is C24H25N3O. The Kier molecular flexibility index (Phi) is 4.09. The highest BCUT2D eigenvalue weighted by Crippen LogP contribution is 2.41. The number of aromatic nitrogens is 1. The van der Waals surface area contributed by atoms with Crippen molar-refractivity contribution in [3.05, 3.63) is 66.2 Å². The number of benzene rings is 2. The molecule has 1 aromatic heterocycles. The van der Waals surface area contributed by atoms with Gasteiger partial charge in [0.25, 0.3) is 0 Å². The molecule has 2 aromatic carbocycles. The van der Waals surface area contributed by atoms with Crippen LogP contribution in [-0.4, -0.2) is 17.6 Å². The normalized spacial score (nSPS) is 19.7. The van der Waals surface area contributed by atoms with E-state index >= 15 is 0 Å². The monoisotopic (exact) mass is 371 g/mol. The molecule has 4 nitrogen and oxygen atoms in total. The van der Waals surface area contributed by atoms with E-state index in [0.29, 0.717) is 5.88 Å². The van der Waals surface area contributed by atoms with Crippen LogP contribution in [0.15, 0.2) is 60.7 Å². The van der Waals surface area contributed by atoms with Crippen molar-refractivity contribution in [3.63, 3.8) is 0 Å². The van der Waals surface area contributed by atoms with E-state index in [2.05, 4.69) is 66.8 Å². The summed E-state index contributed by atoms with van der Waals surface area (Å²) in [5, 5.41) is 3.44. The lowest BCUT2D eigenvalue weighted by atomic mass is 9.72. The molecule has 4 heteroatoms. The summed E-state index contributed by atoms with van der Waals surface area (Å²) in [6.07, 6.45) is 3.45. The van der Waals surface area contributed by atoms with Gasteiger partial charge in [0, 0.05) is 16.7 Å². The van der Waals surface area contributed by atoms with Crippen LogP contribution >= 0.6 is 0 Å². The van der Waals surface area contributed by atoms with E-state index in [9.17, 15) is 0 Å². The Labute approximate surface area is 165 Å². The minimum Gasteiger partial charge on any atom is -0.471 e. The third-order valence-corrected chi connectivity index (χ3v) is 5.94. The van der Waals surface area contributed by atoms with Crippen molar-refractivity contribution >= 4 is 5.69 Å². The minimum atomic E-state index is -0.146. The molecule has 1 unspecified atom stereocenters. The molecule has 142 valence electrons. The van der Waals surface area contributed by atoms with Crippen molar-refractivity contribution in [1.29, 1.82) is 0 Å². The molecular weight excluding hydrogens is 346 g/mol. The summed E-state index contributed by atoms with van der Waals surface area (Å²) in [7, 11) is 0. The number of hydrogen-bond donors (Lipinski definition) is 2. The fourth-order valence-electron chi connectivity index (χ4n) is 4.06. The maximum absolute atomic E-state index is 6.50. The molecule has 5 rings (SSSR count). The quantitative estimate of drug-likeness (QED) is 0.684. The SMILES string of the molecule is CC1CNc2cc(-c3ccccc3)c(-c3ccc(C4(N)CCC4)cc3)nc2O1. The van der Waals surface area contributed by atoms with Crippen LogP contribution in [0, 0.1) is 0 Å². The molecule has 1 saturated carbocycles. The molecule has 0 amide bonds.